The van der Waals surface area contributed by atoms with Crippen molar-refractivity contribution in [1.82, 2.24) is 14.9 Å². The number of carbonyl (C=O) groups is 1. The first-order valence-electron chi connectivity index (χ1n) is 5.91. The van der Waals surface area contributed by atoms with E-state index in [1.165, 1.54) is 31.3 Å². The number of rotatable bonds is 5. The molecule has 0 unspecified atom stereocenters. The minimum absolute atomic E-state index is 0. The molecule has 1 aromatic carbocycles. The molecule has 0 spiro atoms. The zero-order valence-corrected chi connectivity index (χ0v) is 13.9. The van der Waals surface area contributed by atoms with E-state index in [2.05, 4.69) is 20.7 Å². The number of hydrazone groups is 1. The Morgan fingerprint density at radius 1 is 1.39 bits per heavy atom. The molecule has 0 amide bonds. The van der Waals surface area contributed by atoms with Crippen LogP contribution in [-0.4, -0.2) is 34.2 Å². The highest BCUT2D eigenvalue weighted by molar-refractivity contribution is 5.85. The fourth-order valence-electron chi connectivity index (χ4n) is 1.49. The molecule has 0 fully saturated rings. The highest BCUT2D eigenvalue weighted by atomic mass is 35.5. The van der Waals surface area contributed by atoms with E-state index in [9.17, 15) is 4.79 Å². The third kappa shape index (κ3) is 5.64. The maximum absolute atomic E-state index is 11.0. The summed E-state index contributed by atoms with van der Waals surface area (Å²) in [6, 6.07) is 5.02. The highest BCUT2D eigenvalue weighted by Crippen LogP contribution is 2.27. The predicted octanol–water partition coefficient (Wildman–Crippen LogP) is 1.22. The Labute approximate surface area is 144 Å². The number of methoxy groups -OCH3 is 1. The molecule has 23 heavy (non-hydrogen) atoms. The number of hydrogen-bond donors (Lipinski definition) is 2. The maximum atomic E-state index is 11.0. The third-order valence-electron chi connectivity index (χ3n) is 2.39. The van der Waals surface area contributed by atoms with Gasteiger partial charge in [-0.2, -0.15) is 5.10 Å². The Bertz CT molecular complexity index is 677. The van der Waals surface area contributed by atoms with Crippen LogP contribution in [0.5, 0.6) is 11.5 Å². The summed E-state index contributed by atoms with van der Waals surface area (Å²) in [7, 11) is 1.48. The summed E-state index contributed by atoms with van der Waals surface area (Å²) in [5, 5.41) is 11.3. The van der Waals surface area contributed by atoms with Gasteiger partial charge in [-0.05, 0) is 23.8 Å². The van der Waals surface area contributed by atoms with Crippen molar-refractivity contribution in [2.75, 3.05) is 18.4 Å². The summed E-state index contributed by atoms with van der Waals surface area (Å²) < 4.78 is 11.4. The lowest BCUT2D eigenvalue weighted by Crippen LogP contribution is -2.10. The van der Waals surface area contributed by atoms with Gasteiger partial charge in [-0.3, -0.25) is 4.79 Å². The molecule has 0 aliphatic rings. The topological polar surface area (TPSA) is 117 Å². The number of nitrogens with two attached hydrogens (primary N) is 1. The van der Waals surface area contributed by atoms with Crippen molar-refractivity contribution < 1.29 is 14.3 Å². The van der Waals surface area contributed by atoms with E-state index in [1.807, 2.05) is 0 Å². The van der Waals surface area contributed by atoms with Crippen molar-refractivity contribution >= 4 is 42.9 Å². The molecule has 0 atom stereocenters. The average molecular weight is 363 g/mol. The van der Waals surface area contributed by atoms with E-state index in [0.717, 1.165) is 5.56 Å². The molecule has 1 aromatic heterocycles. The van der Waals surface area contributed by atoms with Gasteiger partial charge in [0.2, 0.25) is 0 Å². The second kappa shape index (κ2) is 9.49. The van der Waals surface area contributed by atoms with E-state index in [0.29, 0.717) is 17.4 Å². The average Bonchev–Trinajstić information content (AvgIpc) is 2.85. The first-order valence-corrected chi connectivity index (χ1v) is 5.91. The molecular formula is C12H16Cl2N6O3. The quantitative estimate of drug-likeness (QED) is 0.270. The van der Waals surface area contributed by atoms with Crippen LogP contribution in [0.15, 0.2) is 29.6 Å². The summed E-state index contributed by atoms with van der Waals surface area (Å²) >= 11 is 0. The van der Waals surface area contributed by atoms with Gasteiger partial charge in [-0.25, -0.2) is 10.1 Å². The molecule has 126 valence electrons. The molecule has 0 aliphatic carbocycles. The second-order valence-electron chi connectivity index (χ2n) is 3.94. The molecule has 2 rings (SSSR count). The largest absolute Gasteiger partial charge is 0.493 e. The Morgan fingerprint density at radius 3 is 2.70 bits per heavy atom. The summed E-state index contributed by atoms with van der Waals surface area (Å²) in [6.45, 7) is 1.32. The normalized spacial score (nSPS) is 9.65. The lowest BCUT2D eigenvalue weighted by atomic mass is 10.2. The monoisotopic (exact) mass is 362 g/mol. The number of aromatic nitrogens is 3. The van der Waals surface area contributed by atoms with Gasteiger partial charge in [0.25, 0.3) is 5.95 Å². The van der Waals surface area contributed by atoms with Gasteiger partial charge in [0, 0.05) is 6.92 Å². The van der Waals surface area contributed by atoms with Gasteiger partial charge in [-0.1, -0.05) is 0 Å². The van der Waals surface area contributed by atoms with E-state index in [-0.39, 0.29) is 24.8 Å². The molecule has 0 bridgehead atoms. The maximum Gasteiger partial charge on any atom is 0.308 e. The van der Waals surface area contributed by atoms with Gasteiger partial charge in [0.1, 0.15) is 6.33 Å². The number of anilines is 1. The Morgan fingerprint density at radius 2 is 2.13 bits per heavy atom. The van der Waals surface area contributed by atoms with Gasteiger partial charge in [-0.15, -0.1) is 35.0 Å². The number of halogens is 2. The first-order chi connectivity index (χ1) is 10.1. The van der Waals surface area contributed by atoms with Crippen LogP contribution >= 0.6 is 24.8 Å². The molecule has 2 aromatic rings. The van der Waals surface area contributed by atoms with Crippen LogP contribution in [0.2, 0.25) is 0 Å². The Hall–Kier alpha value is -2.52. The van der Waals surface area contributed by atoms with Crippen molar-refractivity contribution in [3.63, 3.8) is 0 Å². The molecule has 11 heteroatoms. The Balaban J connectivity index is 0.00000242. The molecule has 3 N–H and O–H groups in total. The number of nitrogen functional groups attached to an aromatic ring is 1. The number of carbonyl (C=O) groups excluding carboxylic acids is 1. The number of nitrogens with one attached hydrogen (secondary N) is 1. The fraction of sp³-hybridized carbons (Fsp3) is 0.167. The molecule has 1 heterocycles. The summed E-state index contributed by atoms with van der Waals surface area (Å²) in [6.07, 6.45) is 2.88. The van der Waals surface area contributed by atoms with Crippen molar-refractivity contribution in [2.45, 2.75) is 6.92 Å². The molecular weight excluding hydrogens is 347 g/mol. The van der Waals surface area contributed by atoms with Gasteiger partial charge in [0.05, 0.1) is 13.3 Å². The number of benzene rings is 1. The van der Waals surface area contributed by atoms with E-state index in [1.54, 1.807) is 18.2 Å². The van der Waals surface area contributed by atoms with Crippen LogP contribution in [0.25, 0.3) is 0 Å². The molecule has 0 radical (unpaired) electrons. The molecule has 0 aliphatic heterocycles. The summed E-state index contributed by atoms with van der Waals surface area (Å²) in [5.41, 5.74) is 3.37. The van der Waals surface area contributed by atoms with Crippen molar-refractivity contribution in [2.24, 2.45) is 5.10 Å². The summed E-state index contributed by atoms with van der Waals surface area (Å²) in [5.74, 6) is 6.17. The van der Waals surface area contributed by atoms with Crippen molar-refractivity contribution in [3.8, 4) is 11.5 Å². The minimum atomic E-state index is -0.418. The standard InChI is InChI=1S/C12H14N6O3.2ClH/c1-8(19)21-10-4-3-9(5-11(10)20-2)6-14-16-12-17-15-7-18(12)13;;/h3-7H,13H2,1-2H3,(H,16,17);2*1H/b14-6+;;. The number of hydrogen-bond acceptors (Lipinski definition) is 8. The van der Waals surface area contributed by atoms with E-state index >= 15 is 0 Å². The van der Waals surface area contributed by atoms with E-state index < -0.39 is 5.97 Å². The van der Waals surface area contributed by atoms with Gasteiger partial charge in [0.15, 0.2) is 11.5 Å². The van der Waals surface area contributed by atoms with Crippen LogP contribution in [0.1, 0.15) is 12.5 Å². The lowest BCUT2D eigenvalue weighted by Gasteiger charge is -2.08. The van der Waals surface area contributed by atoms with Gasteiger partial charge < -0.3 is 15.3 Å². The second-order valence-corrected chi connectivity index (χ2v) is 3.94. The zero-order valence-electron chi connectivity index (χ0n) is 12.3. The number of esters is 1. The zero-order chi connectivity index (χ0) is 15.2. The van der Waals surface area contributed by atoms with Crippen LogP contribution in [0.4, 0.5) is 5.95 Å². The summed E-state index contributed by atoms with van der Waals surface area (Å²) in [4.78, 5) is 11.0. The number of nitrogens with zero attached hydrogens (tertiary/aromatic N) is 4. The highest BCUT2D eigenvalue weighted by Gasteiger charge is 2.07. The Kier molecular flexibility index (Phi) is 8.45. The van der Waals surface area contributed by atoms with Crippen LogP contribution < -0.4 is 20.7 Å². The SMILES string of the molecule is COc1cc(/C=N/Nc2nncn2N)ccc1OC(C)=O.Cl.Cl. The molecule has 0 saturated heterocycles. The van der Waals surface area contributed by atoms with Crippen molar-refractivity contribution in [1.29, 1.82) is 0 Å². The first kappa shape index (κ1) is 20.5. The fourth-order valence-corrected chi connectivity index (χ4v) is 1.49. The van der Waals surface area contributed by atoms with E-state index in [4.69, 9.17) is 15.3 Å². The van der Waals surface area contributed by atoms with Crippen LogP contribution in [0.3, 0.4) is 0 Å². The minimum Gasteiger partial charge on any atom is -0.493 e. The lowest BCUT2D eigenvalue weighted by molar-refractivity contribution is -0.132. The smallest absolute Gasteiger partial charge is 0.308 e. The number of ether oxygens (including phenoxy) is 2. The van der Waals surface area contributed by atoms with Gasteiger partial charge >= 0.3 is 5.97 Å². The van der Waals surface area contributed by atoms with Crippen LogP contribution in [-0.2, 0) is 4.79 Å². The molecule has 9 nitrogen and oxygen atoms in total. The third-order valence-corrected chi connectivity index (χ3v) is 2.39. The van der Waals surface area contributed by atoms with Crippen molar-refractivity contribution in [3.05, 3.63) is 30.1 Å². The predicted molar refractivity (Wildman–Crippen MR) is 90.2 cm³/mol. The van der Waals surface area contributed by atoms with Crippen LogP contribution in [0, 0.1) is 0 Å². The molecule has 0 saturated carbocycles.